The topological polar surface area (TPSA) is 69.7 Å². The molecule has 0 aliphatic carbocycles. The van der Waals surface area contributed by atoms with E-state index in [1.54, 1.807) is 36.4 Å². The Morgan fingerprint density at radius 3 is 2.46 bits per heavy atom. The van der Waals surface area contributed by atoms with E-state index in [-0.39, 0.29) is 24.3 Å². The molecule has 4 rings (SSSR count). The van der Waals surface area contributed by atoms with Crippen molar-refractivity contribution in [3.63, 3.8) is 0 Å². The smallest absolute Gasteiger partial charge is 0.261 e. The number of carbonyl (C=O) groups excluding carboxylic acids is 3. The Balaban J connectivity index is 1.49. The molecule has 2 aromatic carbocycles. The van der Waals surface area contributed by atoms with Gasteiger partial charge in [0, 0.05) is 18.7 Å². The average Bonchev–Trinajstić information content (AvgIpc) is 3.27. The Kier molecular flexibility index (Phi) is 4.96. The second-order valence-electron chi connectivity index (χ2n) is 7.41. The van der Waals surface area contributed by atoms with Crippen LogP contribution in [-0.2, 0) is 6.54 Å². The molecule has 0 spiro atoms. The zero-order valence-electron chi connectivity index (χ0n) is 15.9. The van der Waals surface area contributed by atoms with Crippen LogP contribution in [0.4, 0.5) is 0 Å². The predicted octanol–water partition coefficient (Wildman–Crippen LogP) is 2.16. The van der Waals surface area contributed by atoms with E-state index in [4.69, 9.17) is 0 Å². The summed E-state index contributed by atoms with van der Waals surface area (Å²) < 4.78 is 0. The molecule has 2 aliphatic heterocycles. The fraction of sp³-hybridized carbons (Fsp3) is 0.318. The van der Waals surface area contributed by atoms with Crippen molar-refractivity contribution in [3.8, 4) is 0 Å². The summed E-state index contributed by atoms with van der Waals surface area (Å²) >= 11 is 0. The number of likely N-dealkylation sites (tertiary alicyclic amines) is 1. The molecule has 28 heavy (non-hydrogen) atoms. The Hall–Kier alpha value is -2.99. The van der Waals surface area contributed by atoms with Gasteiger partial charge in [0.2, 0.25) is 0 Å². The maximum absolute atomic E-state index is 12.9. The molecular formula is C22H23N3O3. The van der Waals surface area contributed by atoms with Gasteiger partial charge in [0.1, 0.15) is 0 Å². The summed E-state index contributed by atoms with van der Waals surface area (Å²) in [6.45, 7) is 2.58. The monoisotopic (exact) mass is 377 g/mol. The largest absolute Gasteiger partial charge is 0.338 e. The van der Waals surface area contributed by atoms with Gasteiger partial charge in [-0.15, -0.1) is 0 Å². The lowest BCUT2D eigenvalue weighted by molar-refractivity contribution is 0.0642. The first-order chi connectivity index (χ1) is 13.6. The number of nitrogens with one attached hydrogen (secondary N) is 1. The molecule has 1 fully saturated rings. The Morgan fingerprint density at radius 2 is 1.79 bits per heavy atom. The highest BCUT2D eigenvalue weighted by molar-refractivity contribution is 6.21. The average molecular weight is 377 g/mol. The molecule has 6 heteroatoms. The number of hydrogen-bond donors (Lipinski definition) is 1. The first-order valence-corrected chi connectivity index (χ1v) is 9.56. The summed E-state index contributed by atoms with van der Waals surface area (Å²) in [5.74, 6) is -0.0862. The minimum Gasteiger partial charge on any atom is -0.338 e. The summed E-state index contributed by atoms with van der Waals surface area (Å²) in [5, 5.41) is 3.17. The number of rotatable bonds is 5. The maximum atomic E-state index is 12.9. The van der Waals surface area contributed by atoms with Crippen LogP contribution in [0.1, 0.15) is 43.1 Å². The molecule has 0 radical (unpaired) electrons. The molecule has 1 saturated heterocycles. The van der Waals surface area contributed by atoms with Crippen molar-refractivity contribution in [2.45, 2.75) is 13.0 Å². The van der Waals surface area contributed by atoms with Gasteiger partial charge in [-0.3, -0.25) is 19.3 Å². The van der Waals surface area contributed by atoms with Crippen LogP contribution in [0, 0.1) is 5.92 Å². The van der Waals surface area contributed by atoms with Crippen molar-refractivity contribution >= 4 is 17.7 Å². The van der Waals surface area contributed by atoms with Crippen molar-refractivity contribution in [2.75, 3.05) is 26.7 Å². The van der Waals surface area contributed by atoms with E-state index in [0.717, 1.165) is 31.6 Å². The number of fused-ring (bicyclic) bond motifs is 1. The third-order valence-corrected chi connectivity index (χ3v) is 5.46. The summed E-state index contributed by atoms with van der Waals surface area (Å²) in [5.41, 5.74) is 2.24. The molecule has 1 unspecified atom stereocenters. The third kappa shape index (κ3) is 3.31. The fourth-order valence-electron chi connectivity index (χ4n) is 4.02. The quantitative estimate of drug-likeness (QED) is 0.811. The lowest BCUT2D eigenvalue weighted by Gasteiger charge is -2.18. The van der Waals surface area contributed by atoms with Crippen molar-refractivity contribution in [1.29, 1.82) is 0 Å². The van der Waals surface area contributed by atoms with Gasteiger partial charge >= 0.3 is 0 Å². The Bertz CT molecular complexity index is 905. The second-order valence-corrected chi connectivity index (χ2v) is 7.41. The molecular weight excluding hydrogens is 354 g/mol. The van der Waals surface area contributed by atoms with Crippen LogP contribution in [0.2, 0.25) is 0 Å². The van der Waals surface area contributed by atoms with E-state index < -0.39 is 0 Å². The summed E-state index contributed by atoms with van der Waals surface area (Å²) in [4.78, 5) is 41.1. The molecule has 1 atom stereocenters. The molecule has 144 valence electrons. The normalized spacial score (nSPS) is 18.7. The van der Waals surface area contributed by atoms with E-state index in [0.29, 0.717) is 22.6 Å². The number of carbonyl (C=O) groups is 3. The van der Waals surface area contributed by atoms with Crippen LogP contribution < -0.4 is 5.32 Å². The number of hydrogen-bond acceptors (Lipinski definition) is 4. The molecule has 2 heterocycles. The van der Waals surface area contributed by atoms with Gasteiger partial charge < -0.3 is 10.2 Å². The highest BCUT2D eigenvalue weighted by Crippen LogP contribution is 2.25. The summed E-state index contributed by atoms with van der Waals surface area (Å²) in [6.07, 6.45) is 1.00. The van der Waals surface area contributed by atoms with Crippen molar-refractivity contribution in [1.82, 2.24) is 15.1 Å². The van der Waals surface area contributed by atoms with Gasteiger partial charge in [-0.1, -0.05) is 24.3 Å². The van der Waals surface area contributed by atoms with Crippen LogP contribution in [-0.4, -0.2) is 54.2 Å². The number of nitrogens with zero attached hydrogens (tertiary/aromatic N) is 2. The minimum absolute atomic E-state index is 0.00261. The highest BCUT2D eigenvalue weighted by atomic mass is 16.2. The molecule has 0 bridgehead atoms. The van der Waals surface area contributed by atoms with Crippen molar-refractivity contribution in [3.05, 3.63) is 70.8 Å². The lowest BCUT2D eigenvalue weighted by Crippen LogP contribution is -2.31. The lowest BCUT2D eigenvalue weighted by atomic mass is 10.1. The van der Waals surface area contributed by atoms with Gasteiger partial charge in [0.15, 0.2) is 0 Å². The van der Waals surface area contributed by atoms with Crippen LogP contribution in [0.25, 0.3) is 0 Å². The molecule has 0 saturated carbocycles. The minimum atomic E-state index is -0.285. The van der Waals surface area contributed by atoms with Crippen LogP contribution in [0.3, 0.4) is 0 Å². The van der Waals surface area contributed by atoms with Gasteiger partial charge in [-0.25, -0.2) is 0 Å². The van der Waals surface area contributed by atoms with E-state index in [2.05, 4.69) is 5.32 Å². The first-order valence-electron chi connectivity index (χ1n) is 9.56. The predicted molar refractivity (Wildman–Crippen MR) is 105 cm³/mol. The zero-order chi connectivity index (χ0) is 19.7. The Labute approximate surface area is 164 Å². The standard InChI is InChI=1S/C22H23N3O3/c1-23-12-16-9-10-24(13-16)20(26)17-6-4-5-15(11-17)14-25-21(27)18-7-2-3-8-19(18)22(25)28/h2-8,11,16,23H,9-10,12-14H2,1H3. The Morgan fingerprint density at radius 1 is 1.07 bits per heavy atom. The number of benzene rings is 2. The van der Waals surface area contributed by atoms with Gasteiger partial charge in [0.05, 0.1) is 17.7 Å². The fourth-order valence-corrected chi connectivity index (χ4v) is 4.02. The molecule has 0 aromatic heterocycles. The molecule has 2 aliphatic rings. The summed E-state index contributed by atoms with van der Waals surface area (Å²) in [6, 6.07) is 14.1. The van der Waals surface area contributed by atoms with E-state index >= 15 is 0 Å². The van der Waals surface area contributed by atoms with Crippen LogP contribution in [0.5, 0.6) is 0 Å². The number of amides is 3. The third-order valence-electron chi connectivity index (χ3n) is 5.46. The SMILES string of the molecule is CNCC1CCN(C(=O)c2cccc(CN3C(=O)c4ccccc4C3=O)c2)C1. The van der Waals surface area contributed by atoms with Gasteiger partial charge in [0.25, 0.3) is 17.7 Å². The molecule has 6 nitrogen and oxygen atoms in total. The van der Waals surface area contributed by atoms with Crippen LogP contribution in [0.15, 0.2) is 48.5 Å². The van der Waals surface area contributed by atoms with Crippen LogP contribution >= 0.6 is 0 Å². The van der Waals surface area contributed by atoms with Gasteiger partial charge in [-0.2, -0.15) is 0 Å². The highest BCUT2D eigenvalue weighted by Gasteiger charge is 2.35. The molecule has 1 N–H and O–H groups in total. The van der Waals surface area contributed by atoms with Crippen molar-refractivity contribution in [2.24, 2.45) is 5.92 Å². The van der Waals surface area contributed by atoms with E-state index in [1.807, 2.05) is 24.1 Å². The molecule has 2 aromatic rings. The second kappa shape index (κ2) is 7.56. The maximum Gasteiger partial charge on any atom is 0.261 e. The van der Waals surface area contributed by atoms with E-state index in [9.17, 15) is 14.4 Å². The first kappa shape index (κ1) is 18.4. The summed E-state index contributed by atoms with van der Waals surface area (Å²) in [7, 11) is 1.92. The zero-order valence-corrected chi connectivity index (χ0v) is 15.9. The number of imide groups is 1. The van der Waals surface area contributed by atoms with Gasteiger partial charge in [-0.05, 0) is 55.8 Å². The molecule has 3 amide bonds. The van der Waals surface area contributed by atoms with E-state index in [1.165, 1.54) is 4.90 Å². The van der Waals surface area contributed by atoms with Crippen molar-refractivity contribution < 1.29 is 14.4 Å².